The van der Waals surface area contributed by atoms with Gasteiger partial charge >= 0.3 is 0 Å². The van der Waals surface area contributed by atoms with E-state index < -0.39 is 5.54 Å². The number of aryl methyl sites for hydroxylation is 1. The summed E-state index contributed by atoms with van der Waals surface area (Å²) in [7, 11) is 1.79. The van der Waals surface area contributed by atoms with Crippen molar-refractivity contribution in [3.8, 4) is 0 Å². The van der Waals surface area contributed by atoms with Crippen LogP contribution < -0.4 is 21.8 Å². The number of nitrogen functional groups attached to an aromatic ring is 1. The van der Waals surface area contributed by atoms with E-state index in [-0.39, 0.29) is 17.4 Å². The quantitative estimate of drug-likeness (QED) is 0.743. The van der Waals surface area contributed by atoms with Crippen molar-refractivity contribution >= 4 is 17.5 Å². The molecule has 1 aliphatic carbocycles. The van der Waals surface area contributed by atoms with Gasteiger partial charge in [-0.3, -0.25) is 9.59 Å². The highest BCUT2D eigenvalue weighted by atomic mass is 16.2. The minimum atomic E-state index is -0.614. The van der Waals surface area contributed by atoms with E-state index in [4.69, 9.17) is 5.73 Å². The number of anilines is 2. The van der Waals surface area contributed by atoms with E-state index in [1.165, 1.54) is 12.4 Å². The number of amides is 1. The molecule has 1 fully saturated rings. The average Bonchev–Trinajstić information content (AvgIpc) is 2.84. The lowest BCUT2D eigenvalue weighted by Gasteiger charge is -2.38. The zero-order chi connectivity index (χ0) is 17.6. The van der Waals surface area contributed by atoms with Crippen molar-refractivity contribution in [2.24, 2.45) is 7.05 Å². The molecular formula is C17H20N6O2. The van der Waals surface area contributed by atoms with Crippen LogP contribution >= 0.6 is 0 Å². The molecule has 130 valence electrons. The lowest BCUT2D eigenvalue weighted by Crippen LogP contribution is -2.48. The first-order valence-corrected chi connectivity index (χ1v) is 8.35. The minimum absolute atomic E-state index is 0.0826. The summed E-state index contributed by atoms with van der Waals surface area (Å²) < 4.78 is 1.73. The first-order chi connectivity index (χ1) is 12.0. The molecule has 1 amide bonds. The summed E-state index contributed by atoms with van der Waals surface area (Å²) in [5.41, 5.74) is 6.07. The van der Waals surface area contributed by atoms with Crippen LogP contribution in [0.15, 0.2) is 29.5 Å². The number of rotatable bonds is 2. The second-order valence-corrected chi connectivity index (χ2v) is 6.82. The highest BCUT2D eigenvalue weighted by Gasteiger charge is 2.48. The second-order valence-electron chi connectivity index (χ2n) is 6.82. The number of carbonyl (C=O) groups excluding carboxylic acids is 1. The van der Waals surface area contributed by atoms with E-state index in [1.54, 1.807) is 23.9 Å². The summed E-state index contributed by atoms with van der Waals surface area (Å²) in [6.45, 7) is 0. The third-order valence-corrected chi connectivity index (χ3v) is 5.12. The zero-order valence-corrected chi connectivity index (χ0v) is 14.0. The number of nitrogens with two attached hydrogens (primary N) is 1. The molecule has 8 nitrogen and oxygen atoms in total. The molecule has 2 unspecified atom stereocenters. The first-order valence-electron chi connectivity index (χ1n) is 8.35. The Hall–Kier alpha value is -2.90. The van der Waals surface area contributed by atoms with Gasteiger partial charge in [-0.2, -0.15) is 0 Å². The molecule has 4 rings (SSSR count). The lowest BCUT2D eigenvalue weighted by atomic mass is 9.75. The largest absolute Gasteiger partial charge is 0.384 e. The van der Waals surface area contributed by atoms with Crippen molar-refractivity contribution in [3.05, 3.63) is 46.1 Å². The normalized spacial score (nSPS) is 24.8. The van der Waals surface area contributed by atoms with Crippen LogP contribution in [0.2, 0.25) is 0 Å². The summed E-state index contributed by atoms with van der Waals surface area (Å²) in [4.78, 5) is 33.1. The fourth-order valence-electron chi connectivity index (χ4n) is 4.10. The van der Waals surface area contributed by atoms with Gasteiger partial charge in [0.2, 0.25) is 0 Å². The molecular weight excluding hydrogens is 320 g/mol. The topological polar surface area (TPSA) is 115 Å². The van der Waals surface area contributed by atoms with Gasteiger partial charge in [0.25, 0.3) is 5.91 Å². The van der Waals surface area contributed by atoms with Gasteiger partial charge in [-0.25, -0.2) is 9.97 Å². The van der Waals surface area contributed by atoms with Crippen molar-refractivity contribution in [2.45, 2.75) is 37.3 Å². The Bertz CT molecular complexity index is 908. The van der Waals surface area contributed by atoms with Crippen LogP contribution in [0, 0.1) is 0 Å². The van der Waals surface area contributed by atoms with Crippen LogP contribution in [0.5, 0.6) is 0 Å². The number of hydrogen-bond donors (Lipinski definition) is 3. The predicted octanol–water partition coefficient (Wildman–Crippen LogP) is 0.751. The fourth-order valence-corrected chi connectivity index (χ4v) is 4.10. The number of aromatic nitrogens is 3. The number of nitrogens with one attached hydrogen (secondary N) is 2. The van der Waals surface area contributed by atoms with Gasteiger partial charge in [0.05, 0.1) is 11.1 Å². The van der Waals surface area contributed by atoms with Gasteiger partial charge in [-0.15, -0.1) is 0 Å². The summed E-state index contributed by atoms with van der Waals surface area (Å²) in [5.74, 6) is 0.874. The van der Waals surface area contributed by atoms with Crippen LogP contribution in [0.1, 0.15) is 41.7 Å². The van der Waals surface area contributed by atoms with E-state index in [0.717, 1.165) is 19.3 Å². The van der Waals surface area contributed by atoms with E-state index in [2.05, 4.69) is 20.6 Å². The molecule has 0 radical (unpaired) electrons. The molecule has 2 aromatic rings. The highest BCUT2D eigenvalue weighted by molar-refractivity contribution is 5.98. The smallest absolute Gasteiger partial charge is 0.269 e. The molecule has 0 aromatic carbocycles. The number of fused-ring (bicyclic) bond motifs is 2. The Balaban J connectivity index is 1.67. The predicted molar refractivity (Wildman–Crippen MR) is 93.2 cm³/mol. The highest BCUT2D eigenvalue weighted by Crippen LogP contribution is 2.41. The molecule has 25 heavy (non-hydrogen) atoms. The Morgan fingerprint density at radius 3 is 3.04 bits per heavy atom. The van der Waals surface area contributed by atoms with E-state index >= 15 is 0 Å². The number of pyridine rings is 1. The van der Waals surface area contributed by atoms with E-state index in [0.29, 0.717) is 29.3 Å². The standard InChI is InChI=1S/C17H20N6O2/c1-23-6-4-11(24)14-15(23)16(25)22-17(14)5-2-3-10(8-17)21-13-7-12(18)19-9-20-13/h4,6-7,9-10H,2-3,5,8H2,1H3,(H,22,25)(H3,18,19,20,21). The molecule has 1 spiro atoms. The van der Waals surface area contributed by atoms with Gasteiger partial charge in [0, 0.05) is 31.4 Å². The van der Waals surface area contributed by atoms with Crippen molar-refractivity contribution in [3.63, 3.8) is 0 Å². The molecule has 4 N–H and O–H groups in total. The molecule has 0 bridgehead atoms. The molecule has 1 aliphatic heterocycles. The van der Waals surface area contributed by atoms with Crippen molar-refractivity contribution in [1.82, 2.24) is 19.9 Å². The van der Waals surface area contributed by atoms with E-state index in [1.807, 2.05) is 0 Å². The maximum Gasteiger partial charge on any atom is 0.269 e. The summed E-state index contributed by atoms with van der Waals surface area (Å²) >= 11 is 0. The summed E-state index contributed by atoms with van der Waals surface area (Å²) in [6, 6.07) is 3.30. The third kappa shape index (κ3) is 2.54. The van der Waals surface area contributed by atoms with Crippen LogP contribution in [0.3, 0.4) is 0 Å². The van der Waals surface area contributed by atoms with Crippen LogP contribution in [0.25, 0.3) is 0 Å². The van der Waals surface area contributed by atoms with Crippen molar-refractivity contribution < 1.29 is 4.79 Å². The van der Waals surface area contributed by atoms with Gasteiger partial charge in [0.15, 0.2) is 5.43 Å². The number of nitrogens with zero attached hydrogens (tertiary/aromatic N) is 3. The molecule has 2 aromatic heterocycles. The van der Waals surface area contributed by atoms with Crippen LogP contribution in [0.4, 0.5) is 11.6 Å². The number of carbonyl (C=O) groups is 1. The molecule has 0 saturated heterocycles. The Labute approximate surface area is 144 Å². The lowest BCUT2D eigenvalue weighted by molar-refractivity contribution is 0.0900. The average molecular weight is 340 g/mol. The molecule has 3 heterocycles. The third-order valence-electron chi connectivity index (χ3n) is 5.12. The second kappa shape index (κ2) is 5.58. The van der Waals surface area contributed by atoms with Crippen molar-refractivity contribution in [2.75, 3.05) is 11.1 Å². The first kappa shape index (κ1) is 15.6. The van der Waals surface area contributed by atoms with Gasteiger partial charge in [0.1, 0.15) is 23.7 Å². The Morgan fingerprint density at radius 1 is 1.40 bits per heavy atom. The maximum absolute atomic E-state index is 12.5. The van der Waals surface area contributed by atoms with Crippen LogP contribution in [-0.2, 0) is 12.6 Å². The Kier molecular flexibility index (Phi) is 3.48. The SMILES string of the molecule is Cn1ccc(=O)c2c1C(=O)NC21CCCC(Nc2cc(N)ncn2)C1. The summed E-state index contributed by atoms with van der Waals surface area (Å²) in [5, 5.41) is 6.45. The summed E-state index contributed by atoms with van der Waals surface area (Å²) in [6.07, 6.45) is 6.28. The number of hydrogen-bond acceptors (Lipinski definition) is 6. The molecule has 8 heteroatoms. The van der Waals surface area contributed by atoms with Crippen LogP contribution in [-0.4, -0.2) is 26.5 Å². The van der Waals surface area contributed by atoms with E-state index in [9.17, 15) is 9.59 Å². The monoisotopic (exact) mass is 340 g/mol. The van der Waals surface area contributed by atoms with Gasteiger partial charge in [-0.05, 0) is 25.7 Å². The fraction of sp³-hybridized carbons (Fsp3) is 0.412. The molecule has 2 atom stereocenters. The Morgan fingerprint density at radius 2 is 2.24 bits per heavy atom. The molecule has 2 aliphatic rings. The zero-order valence-electron chi connectivity index (χ0n) is 14.0. The maximum atomic E-state index is 12.5. The van der Waals surface area contributed by atoms with Gasteiger partial charge < -0.3 is 20.9 Å². The minimum Gasteiger partial charge on any atom is -0.384 e. The van der Waals surface area contributed by atoms with Gasteiger partial charge in [-0.1, -0.05) is 0 Å². The van der Waals surface area contributed by atoms with Crippen molar-refractivity contribution in [1.29, 1.82) is 0 Å². The molecule has 1 saturated carbocycles.